The monoisotopic (exact) mass is 433 g/mol. The molecule has 1 saturated carbocycles. The number of hydrogen-bond donors (Lipinski definition) is 3. The molecule has 2 aliphatic heterocycles. The first-order valence-electron chi connectivity index (χ1n) is 11.4. The van der Waals surface area contributed by atoms with E-state index >= 15 is 0 Å². The van der Waals surface area contributed by atoms with E-state index in [1.807, 2.05) is 12.1 Å². The number of nitrogens with one attached hydrogen (secondary N) is 3. The van der Waals surface area contributed by atoms with E-state index in [4.69, 9.17) is 0 Å². The smallest absolute Gasteiger partial charge is 0.237 e. The third kappa shape index (κ3) is 4.43. The summed E-state index contributed by atoms with van der Waals surface area (Å²) in [7, 11) is -3.32. The molecule has 30 heavy (non-hydrogen) atoms. The highest BCUT2D eigenvalue weighted by molar-refractivity contribution is 7.92. The van der Waals surface area contributed by atoms with Gasteiger partial charge in [0.05, 0.1) is 16.2 Å². The van der Waals surface area contributed by atoms with Gasteiger partial charge in [0.15, 0.2) is 9.84 Å². The average molecular weight is 434 g/mol. The zero-order valence-corrected chi connectivity index (χ0v) is 18.9. The number of benzene rings is 1. The van der Waals surface area contributed by atoms with Gasteiger partial charge in [-0.3, -0.25) is 4.79 Å². The summed E-state index contributed by atoms with van der Waals surface area (Å²) >= 11 is 0. The first kappa shape index (κ1) is 21.8. The van der Waals surface area contributed by atoms with Crippen LogP contribution in [-0.2, 0) is 21.2 Å². The topological polar surface area (TPSA) is 87.3 Å². The minimum absolute atomic E-state index is 0.0334. The predicted molar refractivity (Wildman–Crippen MR) is 118 cm³/mol. The second kappa shape index (κ2) is 8.97. The third-order valence-corrected chi connectivity index (χ3v) is 10.0. The van der Waals surface area contributed by atoms with Gasteiger partial charge < -0.3 is 16.0 Å². The van der Waals surface area contributed by atoms with Crippen molar-refractivity contribution in [1.29, 1.82) is 0 Å². The molecule has 6 atom stereocenters. The highest BCUT2D eigenvalue weighted by Gasteiger charge is 2.39. The number of carbonyl (C=O) groups excluding carboxylic acids is 1. The molecule has 7 heteroatoms. The second-order valence-corrected chi connectivity index (χ2v) is 11.7. The number of carbonyl (C=O) groups is 1. The molecule has 6 unspecified atom stereocenters. The van der Waals surface area contributed by atoms with E-state index in [1.165, 1.54) is 0 Å². The normalized spacial score (nSPS) is 34.3. The molecule has 1 amide bonds. The molecule has 1 aromatic carbocycles. The number of sulfone groups is 1. The van der Waals surface area contributed by atoms with Crippen LogP contribution in [-0.4, -0.2) is 44.7 Å². The van der Waals surface area contributed by atoms with Gasteiger partial charge in [0, 0.05) is 12.6 Å². The first-order chi connectivity index (χ1) is 14.4. The van der Waals surface area contributed by atoms with Crippen molar-refractivity contribution >= 4 is 15.7 Å². The fourth-order valence-electron chi connectivity index (χ4n) is 5.46. The van der Waals surface area contributed by atoms with Crippen molar-refractivity contribution in [2.45, 2.75) is 74.7 Å². The van der Waals surface area contributed by atoms with Gasteiger partial charge in [0.25, 0.3) is 0 Å². The summed E-state index contributed by atoms with van der Waals surface area (Å²) in [6.45, 7) is 6.63. The van der Waals surface area contributed by atoms with Crippen LogP contribution in [0.25, 0.3) is 0 Å². The summed E-state index contributed by atoms with van der Waals surface area (Å²) in [4.78, 5) is 13.0. The van der Waals surface area contributed by atoms with Gasteiger partial charge in [-0.25, -0.2) is 8.42 Å². The van der Waals surface area contributed by atoms with Crippen molar-refractivity contribution in [3.8, 4) is 0 Å². The van der Waals surface area contributed by atoms with Crippen LogP contribution < -0.4 is 16.0 Å². The minimum Gasteiger partial charge on any atom is -0.351 e. The Kier molecular flexibility index (Phi) is 6.51. The SMILES string of the molecule is CC1CCCC(S(=O)(=O)c2ccc(CNC(=O)C3CC4CNCCC4N3)cc2)C1C. The molecule has 6 nitrogen and oxygen atoms in total. The second-order valence-electron chi connectivity index (χ2n) is 9.53. The van der Waals surface area contributed by atoms with Crippen LogP contribution in [0.5, 0.6) is 0 Å². The summed E-state index contributed by atoms with van der Waals surface area (Å²) in [6, 6.07) is 7.38. The van der Waals surface area contributed by atoms with E-state index in [1.54, 1.807) is 12.1 Å². The Bertz CT molecular complexity index is 841. The van der Waals surface area contributed by atoms with Crippen LogP contribution in [0.3, 0.4) is 0 Å². The number of fused-ring (bicyclic) bond motifs is 1. The molecular weight excluding hydrogens is 398 g/mol. The Morgan fingerprint density at radius 1 is 1.13 bits per heavy atom. The highest BCUT2D eigenvalue weighted by Crippen LogP contribution is 2.36. The first-order valence-corrected chi connectivity index (χ1v) is 13.0. The van der Waals surface area contributed by atoms with Gasteiger partial charge in [-0.2, -0.15) is 0 Å². The maximum atomic E-state index is 13.1. The highest BCUT2D eigenvalue weighted by atomic mass is 32.2. The summed E-state index contributed by atoms with van der Waals surface area (Å²) < 4.78 is 26.3. The minimum atomic E-state index is -3.32. The average Bonchev–Trinajstić information content (AvgIpc) is 3.18. The maximum Gasteiger partial charge on any atom is 0.237 e. The van der Waals surface area contributed by atoms with Gasteiger partial charge in [-0.1, -0.05) is 38.8 Å². The number of piperidine rings is 1. The molecule has 0 aromatic heterocycles. The van der Waals surface area contributed by atoms with Gasteiger partial charge >= 0.3 is 0 Å². The molecule has 3 N–H and O–H groups in total. The van der Waals surface area contributed by atoms with Crippen molar-refractivity contribution in [3.63, 3.8) is 0 Å². The molecule has 2 saturated heterocycles. The Hall–Kier alpha value is -1.44. The Balaban J connectivity index is 1.34. The Morgan fingerprint density at radius 3 is 2.63 bits per heavy atom. The zero-order chi connectivity index (χ0) is 21.3. The molecular formula is C23H35N3O3S. The van der Waals surface area contributed by atoms with Crippen molar-refractivity contribution in [2.24, 2.45) is 17.8 Å². The molecule has 1 aliphatic carbocycles. The van der Waals surface area contributed by atoms with E-state index < -0.39 is 9.84 Å². The molecule has 3 aliphatic rings. The number of hydrogen-bond acceptors (Lipinski definition) is 5. The van der Waals surface area contributed by atoms with Gasteiger partial charge in [0.2, 0.25) is 5.91 Å². The standard InChI is InChI=1S/C23H35N3O3S/c1-15-4-3-5-22(16(15)2)30(28,29)19-8-6-17(7-9-19)13-25-23(27)21-12-18-14-24-11-10-20(18)26-21/h6-9,15-16,18,20-22,24,26H,3-5,10-14H2,1-2H3,(H,25,27). The van der Waals surface area contributed by atoms with Crippen molar-refractivity contribution in [3.05, 3.63) is 29.8 Å². The van der Waals surface area contributed by atoms with Crippen LogP contribution in [0.15, 0.2) is 29.2 Å². The quantitative estimate of drug-likeness (QED) is 0.663. The van der Waals surface area contributed by atoms with Gasteiger partial charge in [-0.15, -0.1) is 0 Å². The molecule has 166 valence electrons. The van der Waals surface area contributed by atoms with Crippen molar-refractivity contribution in [1.82, 2.24) is 16.0 Å². The molecule has 2 heterocycles. The molecule has 0 spiro atoms. The van der Waals surface area contributed by atoms with Crippen LogP contribution in [0.4, 0.5) is 0 Å². The maximum absolute atomic E-state index is 13.1. The van der Waals surface area contributed by atoms with Crippen LogP contribution in [0.1, 0.15) is 51.5 Å². The summed E-state index contributed by atoms with van der Waals surface area (Å²) in [5.74, 6) is 1.19. The van der Waals surface area contributed by atoms with E-state index in [0.717, 1.165) is 50.8 Å². The predicted octanol–water partition coefficient (Wildman–Crippen LogP) is 2.24. The van der Waals surface area contributed by atoms with Crippen molar-refractivity contribution in [2.75, 3.05) is 13.1 Å². The Morgan fingerprint density at radius 2 is 1.90 bits per heavy atom. The third-order valence-electron chi connectivity index (χ3n) is 7.63. The lowest BCUT2D eigenvalue weighted by Gasteiger charge is -2.33. The number of rotatable bonds is 5. The van der Waals surface area contributed by atoms with E-state index in [-0.39, 0.29) is 23.1 Å². The lowest BCUT2D eigenvalue weighted by molar-refractivity contribution is -0.123. The lowest BCUT2D eigenvalue weighted by Crippen LogP contribution is -2.45. The van der Waals surface area contributed by atoms with Crippen molar-refractivity contribution < 1.29 is 13.2 Å². The van der Waals surface area contributed by atoms with Crippen LogP contribution in [0.2, 0.25) is 0 Å². The van der Waals surface area contributed by atoms with Gasteiger partial charge in [0.1, 0.15) is 0 Å². The van der Waals surface area contributed by atoms with E-state index in [0.29, 0.717) is 29.3 Å². The summed E-state index contributed by atoms with van der Waals surface area (Å²) in [5.41, 5.74) is 0.921. The van der Waals surface area contributed by atoms with E-state index in [2.05, 4.69) is 29.8 Å². The van der Waals surface area contributed by atoms with Gasteiger partial charge in [-0.05, 0) is 67.8 Å². The zero-order valence-electron chi connectivity index (χ0n) is 18.1. The number of amides is 1. The fourth-order valence-corrected chi connectivity index (χ4v) is 7.63. The lowest BCUT2D eigenvalue weighted by atomic mass is 9.81. The molecule has 0 radical (unpaired) electrons. The van der Waals surface area contributed by atoms with Crippen LogP contribution >= 0.6 is 0 Å². The summed E-state index contributed by atoms with van der Waals surface area (Å²) in [5, 5.41) is 9.59. The van der Waals surface area contributed by atoms with Crippen LogP contribution in [0, 0.1) is 17.8 Å². The van der Waals surface area contributed by atoms with E-state index in [9.17, 15) is 13.2 Å². The molecule has 1 aromatic rings. The molecule has 3 fully saturated rings. The Labute approximate surface area is 180 Å². The molecule has 0 bridgehead atoms. The largest absolute Gasteiger partial charge is 0.351 e. The fraction of sp³-hybridized carbons (Fsp3) is 0.696. The summed E-state index contributed by atoms with van der Waals surface area (Å²) in [6.07, 6.45) is 4.78. The molecule has 4 rings (SSSR count).